The molecule has 0 aromatic rings. The first-order chi connectivity index (χ1) is 10.3. The van der Waals surface area contributed by atoms with E-state index in [-0.39, 0.29) is 13.2 Å². The van der Waals surface area contributed by atoms with Gasteiger partial charge in [0.05, 0.1) is 19.8 Å². The summed E-state index contributed by atoms with van der Waals surface area (Å²) in [6, 6.07) is 0. The van der Waals surface area contributed by atoms with E-state index in [2.05, 4.69) is 13.0 Å². The monoisotopic (exact) mass is 300 g/mol. The summed E-state index contributed by atoms with van der Waals surface area (Å²) in [5, 5.41) is 17.7. The number of rotatable bonds is 16. The van der Waals surface area contributed by atoms with Gasteiger partial charge in [0.15, 0.2) is 0 Å². The first-order valence-electron chi connectivity index (χ1n) is 8.83. The maximum atomic E-state index is 9.06. The molecule has 0 bridgehead atoms. The predicted octanol–water partition coefficient (Wildman–Crippen LogP) is 4.22. The van der Waals surface area contributed by atoms with Crippen LogP contribution in [0.2, 0.25) is 0 Å². The van der Waals surface area contributed by atoms with Crippen molar-refractivity contribution in [3.8, 4) is 0 Å². The zero-order valence-corrected chi connectivity index (χ0v) is 13.9. The third-order valence-corrected chi connectivity index (χ3v) is 3.63. The Morgan fingerprint density at radius 2 is 1.43 bits per heavy atom. The molecule has 0 fully saturated rings. The van der Waals surface area contributed by atoms with Crippen LogP contribution in [0.1, 0.15) is 77.6 Å². The van der Waals surface area contributed by atoms with Gasteiger partial charge in [-0.15, -0.1) is 0 Å². The second-order valence-electron chi connectivity index (χ2n) is 5.82. The number of unbranched alkanes of at least 4 members (excludes halogenated alkanes) is 10. The van der Waals surface area contributed by atoms with Gasteiger partial charge in [-0.25, -0.2) is 0 Å². The SMILES string of the molecule is CCCCCCCCCCCCC=CCOCC(O)CO. The second kappa shape index (κ2) is 17.7. The molecule has 0 aromatic carbocycles. The van der Waals surface area contributed by atoms with E-state index in [4.69, 9.17) is 14.9 Å². The highest BCUT2D eigenvalue weighted by Gasteiger charge is 1.99. The van der Waals surface area contributed by atoms with Crippen molar-refractivity contribution < 1.29 is 14.9 Å². The van der Waals surface area contributed by atoms with E-state index in [0.717, 1.165) is 6.42 Å². The molecule has 2 N–H and O–H groups in total. The first-order valence-corrected chi connectivity index (χ1v) is 8.83. The Labute approximate surface area is 131 Å². The molecular formula is C18H36O3. The molecule has 0 radical (unpaired) electrons. The molecule has 0 aliphatic rings. The molecule has 0 saturated heterocycles. The molecule has 0 aliphatic carbocycles. The van der Waals surface area contributed by atoms with E-state index in [1.165, 1.54) is 64.2 Å². The number of aliphatic hydroxyl groups excluding tert-OH is 2. The van der Waals surface area contributed by atoms with Crippen LogP contribution in [0.4, 0.5) is 0 Å². The van der Waals surface area contributed by atoms with Gasteiger partial charge in [-0.2, -0.15) is 0 Å². The van der Waals surface area contributed by atoms with Crippen LogP contribution in [0, 0.1) is 0 Å². The molecule has 0 heterocycles. The van der Waals surface area contributed by atoms with Gasteiger partial charge >= 0.3 is 0 Å². The van der Waals surface area contributed by atoms with Gasteiger partial charge in [0.25, 0.3) is 0 Å². The highest BCUT2D eigenvalue weighted by molar-refractivity contribution is 4.81. The Morgan fingerprint density at radius 1 is 0.857 bits per heavy atom. The highest BCUT2D eigenvalue weighted by Crippen LogP contribution is 2.11. The summed E-state index contributed by atoms with van der Waals surface area (Å²) >= 11 is 0. The van der Waals surface area contributed by atoms with Gasteiger partial charge in [0, 0.05) is 0 Å². The molecule has 1 atom stereocenters. The van der Waals surface area contributed by atoms with Crippen LogP contribution in [0.15, 0.2) is 12.2 Å². The number of hydrogen-bond acceptors (Lipinski definition) is 3. The average molecular weight is 300 g/mol. The van der Waals surface area contributed by atoms with Gasteiger partial charge in [-0.1, -0.05) is 76.9 Å². The Kier molecular flexibility index (Phi) is 17.4. The van der Waals surface area contributed by atoms with Crippen LogP contribution in [-0.2, 0) is 4.74 Å². The lowest BCUT2D eigenvalue weighted by Gasteiger charge is -2.05. The zero-order valence-electron chi connectivity index (χ0n) is 13.9. The molecular weight excluding hydrogens is 264 g/mol. The fraction of sp³-hybridized carbons (Fsp3) is 0.889. The summed E-state index contributed by atoms with van der Waals surface area (Å²) in [6.45, 7) is 2.76. The van der Waals surface area contributed by atoms with Crippen molar-refractivity contribution >= 4 is 0 Å². The standard InChI is InChI=1S/C18H36O3/c1-2-3-4-5-6-7-8-9-10-11-12-13-14-15-21-17-18(20)16-19/h13-14,18-20H,2-12,15-17H2,1H3. The normalized spacial score (nSPS) is 13.1. The number of aliphatic hydroxyl groups is 2. The fourth-order valence-electron chi connectivity index (χ4n) is 2.26. The van der Waals surface area contributed by atoms with Crippen LogP contribution in [0.3, 0.4) is 0 Å². The predicted molar refractivity (Wildman–Crippen MR) is 89.5 cm³/mol. The summed E-state index contributed by atoms with van der Waals surface area (Å²) in [5.74, 6) is 0. The molecule has 3 heteroatoms. The lowest BCUT2D eigenvalue weighted by molar-refractivity contribution is 0.0149. The van der Waals surface area contributed by atoms with Gasteiger partial charge in [-0.05, 0) is 12.8 Å². The lowest BCUT2D eigenvalue weighted by Crippen LogP contribution is -2.19. The molecule has 0 aliphatic heterocycles. The number of ether oxygens (including phenoxy) is 1. The Morgan fingerprint density at radius 3 is 2.00 bits per heavy atom. The van der Waals surface area contributed by atoms with E-state index in [1.54, 1.807) is 0 Å². The van der Waals surface area contributed by atoms with E-state index in [1.807, 2.05) is 6.08 Å². The lowest BCUT2D eigenvalue weighted by atomic mass is 10.1. The molecule has 126 valence electrons. The summed E-state index contributed by atoms with van der Waals surface area (Å²) in [5.41, 5.74) is 0. The van der Waals surface area contributed by atoms with Crippen molar-refractivity contribution in [2.24, 2.45) is 0 Å². The summed E-state index contributed by atoms with van der Waals surface area (Å²) in [7, 11) is 0. The maximum absolute atomic E-state index is 9.06. The number of hydrogen-bond donors (Lipinski definition) is 2. The zero-order chi connectivity index (χ0) is 15.6. The van der Waals surface area contributed by atoms with Crippen LogP contribution < -0.4 is 0 Å². The van der Waals surface area contributed by atoms with Gasteiger partial charge in [0.2, 0.25) is 0 Å². The molecule has 3 nitrogen and oxygen atoms in total. The molecule has 1 unspecified atom stereocenters. The molecule has 0 rings (SSSR count). The molecule has 0 spiro atoms. The highest BCUT2D eigenvalue weighted by atomic mass is 16.5. The van der Waals surface area contributed by atoms with E-state index in [0.29, 0.717) is 6.61 Å². The van der Waals surface area contributed by atoms with E-state index < -0.39 is 6.10 Å². The van der Waals surface area contributed by atoms with Crippen LogP contribution in [0.5, 0.6) is 0 Å². The molecule has 21 heavy (non-hydrogen) atoms. The third kappa shape index (κ3) is 17.6. The third-order valence-electron chi connectivity index (χ3n) is 3.63. The maximum Gasteiger partial charge on any atom is 0.100 e. The quantitative estimate of drug-likeness (QED) is 0.331. The van der Waals surface area contributed by atoms with Gasteiger partial charge < -0.3 is 14.9 Å². The number of allylic oxidation sites excluding steroid dienone is 1. The molecule has 0 saturated carbocycles. The Hall–Kier alpha value is -0.380. The largest absolute Gasteiger partial charge is 0.394 e. The van der Waals surface area contributed by atoms with Crippen LogP contribution in [-0.4, -0.2) is 36.1 Å². The Balaban J connectivity index is 3.08. The molecule has 0 amide bonds. The molecule has 0 aromatic heterocycles. The Bertz CT molecular complexity index is 217. The summed E-state index contributed by atoms with van der Waals surface area (Å²) < 4.78 is 5.19. The van der Waals surface area contributed by atoms with Crippen molar-refractivity contribution in [1.82, 2.24) is 0 Å². The minimum absolute atomic E-state index is 0.207. The van der Waals surface area contributed by atoms with E-state index >= 15 is 0 Å². The van der Waals surface area contributed by atoms with Gasteiger partial charge in [0.1, 0.15) is 6.10 Å². The minimum Gasteiger partial charge on any atom is -0.394 e. The second-order valence-corrected chi connectivity index (χ2v) is 5.82. The summed E-state index contributed by atoms with van der Waals surface area (Å²) in [4.78, 5) is 0. The van der Waals surface area contributed by atoms with Crippen molar-refractivity contribution in [2.75, 3.05) is 19.8 Å². The van der Waals surface area contributed by atoms with Gasteiger partial charge in [-0.3, -0.25) is 0 Å². The van der Waals surface area contributed by atoms with Crippen LogP contribution >= 0.6 is 0 Å². The van der Waals surface area contributed by atoms with Crippen molar-refractivity contribution in [2.45, 2.75) is 83.7 Å². The fourth-order valence-corrected chi connectivity index (χ4v) is 2.26. The van der Waals surface area contributed by atoms with Crippen molar-refractivity contribution in [3.63, 3.8) is 0 Å². The van der Waals surface area contributed by atoms with Crippen LogP contribution in [0.25, 0.3) is 0 Å². The average Bonchev–Trinajstić information content (AvgIpc) is 2.50. The smallest absolute Gasteiger partial charge is 0.100 e. The topological polar surface area (TPSA) is 49.7 Å². The van der Waals surface area contributed by atoms with E-state index in [9.17, 15) is 0 Å². The first kappa shape index (κ1) is 20.6. The van der Waals surface area contributed by atoms with Crippen molar-refractivity contribution in [1.29, 1.82) is 0 Å². The summed E-state index contributed by atoms with van der Waals surface area (Å²) in [6.07, 6.45) is 18.2. The minimum atomic E-state index is -0.750. The van der Waals surface area contributed by atoms with Crippen molar-refractivity contribution in [3.05, 3.63) is 12.2 Å².